The van der Waals surface area contributed by atoms with Gasteiger partial charge in [0.1, 0.15) is 17.9 Å². The highest BCUT2D eigenvalue weighted by molar-refractivity contribution is 8.18. The molecule has 2 saturated heterocycles. The van der Waals surface area contributed by atoms with E-state index in [4.69, 9.17) is 0 Å². The molecule has 0 aliphatic carbocycles. The molecule has 9 nitrogen and oxygen atoms in total. The highest BCUT2D eigenvalue weighted by atomic mass is 32.2. The fourth-order valence-corrected chi connectivity index (χ4v) is 9.15. The van der Waals surface area contributed by atoms with Gasteiger partial charge in [-0.05, 0) is 126 Å². The highest BCUT2D eigenvalue weighted by Crippen LogP contribution is 2.31. The summed E-state index contributed by atoms with van der Waals surface area (Å²) in [4.78, 5) is 54.3. The Bertz CT molecular complexity index is 2620. The van der Waals surface area contributed by atoms with E-state index in [9.17, 15) is 23.2 Å². The highest BCUT2D eigenvalue weighted by Gasteiger charge is 2.23. The number of aliphatic imine (C=N–C) groups is 2. The second-order valence-corrected chi connectivity index (χ2v) is 17.8. The topological polar surface area (TPSA) is 126 Å². The van der Waals surface area contributed by atoms with Crippen LogP contribution in [0, 0.1) is 11.6 Å². The molecule has 4 heterocycles. The molecule has 2 aliphatic heterocycles. The maximum absolute atomic E-state index is 13.3. The van der Waals surface area contributed by atoms with Gasteiger partial charge < -0.3 is 10.6 Å². The number of hydrogen-bond acceptors (Lipinski definition) is 11. The third-order valence-corrected chi connectivity index (χ3v) is 12.6. The number of pyridine rings is 2. The van der Waals surface area contributed by atoms with Gasteiger partial charge in [0.25, 0.3) is 5.91 Å². The van der Waals surface area contributed by atoms with E-state index >= 15 is 0 Å². The van der Waals surface area contributed by atoms with E-state index in [2.05, 4.69) is 50.5 Å². The molecule has 4 aromatic carbocycles. The number of carbonyl (C=O) groups is 3. The van der Waals surface area contributed by atoms with Crippen LogP contribution in [0.4, 0.5) is 8.78 Å². The number of amides is 2. The summed E-state index contributed by atoms with van der Waals surface area (Å²) >= 11 is 6.28. The van der Waals surface area contributed by atoms with Crippen molar-refractivity contribution < 1.29 is 23.2 Å². The van der Waals surface area contributed by atoms with Gasteiger partial charge in [0.2, 0.25) is 5.91 Å². The number of nitrogens with zero attached hydrogens (tertiary/aromatic N) is 4. The minimum absolute atomic E-state index is 0.00509. The summed E-state index contributed by atoms with van der Waals surface area (Å²) in [5.41, 5.74) is 5.34. The molecule has 0 spiro atoms. The van der Waals surface area contributed by atoms with Crippen molar-refractivity contribution in [2.24, 2.45) is 9.98 Å². The normalized spacial score (nSPS) is 15.4. The monoisotopic (exact) mass is 892 g/mol. The number of carbonyl (C=O) groups excluding carboxylic acids is 3. The first-order valence-corrected chi connectivity index (χ1v) is 23.2. The molecule has 0 bridgehead atoms. The van der Waals surface area contributed by atoms with E-state index in [1.807, 2.05) is 60.8 Å². The summed E-state index contributed by atoms with van der Waals surface area (Å²) < 4.78 is 26.1. The Morgan fingerprint density at radius 1 is 0.705 bits per heavy atom. The molecule has 2 aliphatic rings. The third kappa shape index (κ3) is 13.6. The van der Waals surface area contributed by atoms with Crippen molar-refractivity contribution in [3.05, 3.63) is 148 Å². The van der Waals surface area contributed by atoms with Crippen LogP contribution in [-0.4, -0.2) is 68.8 Å². The molecule has 61 heavy (non-hydrogen) atoms. The lowest BCUT2D eigenvalue weighted by Gasteiger charge is -2.05. The van der Waals surface area contributed by atoms with Crippen LogP contribution in [0.3, 0.4) is 0 Å². The second kappa shape index (κ2) is 23.0. The van der Waals surface area contributed by atoms with E-state index in [1.54, 1.807) is 47.9 Å². The largest absolute Gasteiger partial charge is 0.305 e. The van der Waals surface area contributed by atoms with E-state index in [0.29, 0.717) is 52.5 Å². The maximum Gasteiger partial charge on any atom is 0.264 e. The summed E-state index contributed by atoms with van der Waals surface area (Å²) in [7, 11) is 0. The fraction of sp³-hybridized carbons (Fsp3) is 0.196. The summed E-state index contributed by atoms with van der Waals surface area (Å²) in [5.74, 6) is 1.81. The van der Waals surface area contributed by atoms with Gasteiger partial charge >= 0.3 is 0 Å². The van der Waals surface area contributed by atoms with Crippen LogP contribution in [0.2, 0.25) is 0 Å². The summed E-state index contributed by atoms with van der Waals surface area (Å²) in [6.45, 7) is 5.28. The van der Waals surface area contributed by atoms with Gasteiger partial charge in [0.05, 0.1) is 21.7 Å². The molecule has 0 radical (unpaired) electrons. The number of benzene rings is 4. The molecule has 0 unspecified atom stereocenters. The predicted octanol–water partition coefficient (Wildman–Crippen LogP) is 10.0. The molecule has 2 fully saturated rings. The molecular weight excluding hydrogens is 851 g/mol. The average Bonchev–Trinajstić information content (AvgIpc) is 3.84. The number of thioether (sulfide) groups is 4. The lowest BCUT2D eigenvalue weighted by Crippen LogP contribution is -2.20. The van der Waals surface area contributed by atoms with Crippen LogP contribution in [0.1, 0.15) is 40.9 Å². The van der Waals surface area contributed by atoms with Crippen molar-refractivity contribution >= 4 is 103 Å². The van der Waals surface area contributed by atoms with Crippen LogP contribution in [0.5, 0.6) is 0 Å². The zero-order chi connectivity index (χ0) is 43.0. The van der Waals surface area contributed by atoms with Crippen LogP contribution < -0.4 is 10.6 Å². The van der Waals surface area contributed by atoms with Crippen molar-refractivity contribution in [3.8, 4) is 0 Å². The van der Waals surface area contributed by atoms with Crippen LogP contribution in [0.15, 0.2) is 134 Å². The molecule has 2 aromatic heterocycles. The van der Waals surface area contributed by atoms with Gasteiger partial charge in [-0.3, -0.25) is 34.3 Å². The fourth-order valence-electron chi connectivity index (χ4n) is 6.02. The van der Waals surface area contributed by atoms with E-state index in [-0.39, 0.29) is 23.4 Å². The Morgan fingerprint density at radius 2 is 1.26 bits per heavy atom. The van der Waals surface area contributed by atoms with Crippen molar-refractivity contribution in [1.29, 1.82) is 0 Å². The molecule has 6 aromatic rings. The standard InChI is InChI=1S/C23H20FN3OS2.C12H11NOS.C11H11FN2OS/c1-2-29-20-9-11-25-19-7-6-16(13-18(19)20)14-21-22(28)27-23(30-21)26-10-8-15-4-3-5-17(24)12-15;1-2-15-12-5-6-13-11-4-3-9(8-14)7-10(11)12;12-9-3-1-2-8(6-9)4-5-13-11-14-10(15)7-16-11/h3-7,9,11-14H,2,8,10H2,1H3,(H,26,27,28);3-8H,2H2,1H3;1-3,6H,4-5,7H2,(H,13,14,15)/b21-14-;;. The molecule has 15 heteroatoms. The van der Waals surface area contributed by atoms with Gasteiger partial charge in [0, 0.05) is 51.6 Å². The van der Waals surface area contributed by atoms with Gasteiger partial charge in [-0.15, -0.1) is 23.5 Å². The first-order chi connectivity index (χ1) is 29.7. The van der Waals surface area contributed by atoms with Crippen LogP contribution in [0.25, 0.3) is 27.9 Å². The molecule has 8 rings (SSSR count). The zero-order valence-corrected chi connectivity index (χ0v) is 36.7. The Labute approximate surface area is 370 Å². The quantitative estimate of drug-likeness (QED) is 0.0702. The number of rotatable bonds is 12. The first-order valence-electron chi connectivity index (χ1n) is 19.4. The first kappa shape index (κ1) is 45.2. The predicted molar refractivity (Wildman–Crippen MR) is 251 cm³/mol. The Morgan fingerprint density at radius 3 is 1.79 bits per heavy atom. The number of nitrogens with one attached hydrogen (secondary N) is 2. The van der Waals surface area contributed by atoms with Crippen molar-refractivity contribution in [3.63, 3.8) is 0 Å². The molecule has 2 amide bonds. The SMILES string of the molecule is CCSc1ccnc2ccc(/C=C3\SC(=NCCc4cccc(F)c4)NC3=O)cc12.CCSc1ccnc2ccc(C=O)cc12.O=C1CSC(=NCCc2cccc(F)c2)N1. The minimum atomic E-state index is -0.250. The van der Waals surface area contributed by atoms with Crippen molar-refractivity contribution in [2.45, 2.75) is 36.5 Å². The summed E-state index contributed by atoms with van der Waals surface area (Å²) in [6, 6.07) is 28.6. The van der Waals surface area contributed by atoms with Crippen LogP contribution in [-0.2, 0) is 22.4 Å². The number of aromatic nitrogens is 2. The van der Waals surface area contributed by atoms with Crippen LogP contribution >= 0.6 is 47.0 Å². The number of aldehydes is 1. The van der Waals surface area contributed by atoms with Gasteiger partial charge in [0.15, 0.2) is 10.3 Å². The molecule has 0 atom stereocenters. The third-order valence-electron chi connectivity index (χ3n) is 8.81. The Kier molecular flexibility index (Phi) is 17.1. The number of amidine groups is 2. The maximum atomic E-state index is 13.3. The smallest absolute Gasteiger partial charge is 0.264 e. The van der Waals surface area contributed by atoms with E-state index < -0.39 is 0 Å². The zero-order valence-electron chi connectivity index (χ0n) is 33.4. The van der Waals surface area contributed by atoms with Crippen molar-refractivity contribution in [2.75, 3.05) is 30.3 Å². The number of halogens is 2. The number of hydrogen-bond donors (Lipinski definition) is 2. The lowest BCUT2D eigenvalue weighted by atomic mass is 10.1. The van der Waals surface area contributed by atoms with E-state index in [1.165, 1.54) is 57.6 Å². The van der Waals surface area contributed by atoms with Crippen molar-refractivity contribution in [1.82, 2.24) is 20.6 Å². The summed E-state index contributed by atoms with van der Waals surface area (Å²) in [6.07, 6.45) is 7.67. The summed E-state index contributed by atoms with van der Waals surface area (Å²) in [5, 5.41) is 8.85. The number of fused-ring (bicyclic) bond motifs is 2. The minimum Gasteiger partial charge on any atom is -0.305 e. The van der Waals surface area contributed by atoms with Gasteiger partial charge in [-0.25, -0.2) is 8.78 Å². The Balaban J connectivity index is 0.000000169. The van der Waals surface area contributed by atoms with Gasteiger partial charge in [-0.2, -0.15) is 0 Å². The average molecular weight is 893 g/mol. The molecule has 312 valence electrons. The molecule has 2 N–H and O–H groups in total. The Hall–Kier alpha value is -5.35. The second-order valence-electron chi connectivity index (χ2n) is 13.2. The van der Waals surface area contributed by atoms with E-state index in [0.717, 1.165) is 56.3 Å². The molecule has 0 saturated carbocycles. The molecular formula is C46H42F2N6O3S4. The van der Waals surface area contributed by atoms with Gasteiger partial charge in [-0.1, -0.05) is 55.9 Å². The lowest BCUT2D eigenvalue weighted by molar-refractivity contribution is -0.117.